The third-order valence-electron chi connectivity index (χ3n) is 4.40. The Kier molecular flexibility index (Phi) is 5.74. The van der Waals surface area contributed by atoms with Crippen molar-refractivity contribution in [1.82, 2.24) is 15.1 Å². The van der Waals surface area contributed by atoms with Crippen molar-refractivity contribution in [2.24, 2.45) is 0 Å². The summed E-state index contributed by atoms with van der Waals surface area (Å²) in [6.45, 7) is 5.05. The maximum atomic E-state index is 12.6. The molecule has 3 rings (SSSR count). The van der Waals surface area contributed by atoms with Gasteiger partial charge in [-0.2, -0.15) is 5.10 Å². The van der Waals surface area contributed by atoms with Crippen LogP contribution < -0.4 is 5.32 Å². The molecule has 1 N–H and O–H groups in total. The molecule has 0 bridgehead atoms. The van der Waals surface area contributed by atoms with Gasteiger partial charge in [-0.1, -0.05) is 54.1 Å². The third kappa shape index (κ3) is 4.33. The van der Waals surface area contributed by atoms with E-state index in [2.05, 4.69) is 22.5 Å². The Hall–Kier alpha value is -2.59. The van der Waals surface area contributed by atoms with Crippen LogP contribution in [0.5, 0.6) is 0 Å². The molecule has 1 heterocycles. The first-order valence-corrected chi connectivity index (χ1v) is 9.03. The van der Waals surface area contributed by atoms with E-state index >= 15 is 0 Å². The quantitative estimate of drug-likeness (QED) is 0.710. The normalized spacial score (nSPS) is 10.7. The summed E-state index contributed by atoms with van der Waals surface area (Å²) in [5.74, 6) is -0.0757. The molecule has 0 aliphatic rings. The van der Waals surface area contributed by atoms with E-state index in [9.17, 15) is 4.79 Å². The molecule has 0 spiro atoms. The second-order valence-corrected chi connectivity index (χ2v) is 6.76. The number of hydrogen-bond acceptors (Lipinski definition) is 2. The third-order valence-corrected chi connectivity index (χ3v) is 4.65. The molecule has 1 aromatic heterocycles. The highest BCUT2D eigenvalue weighted by Gasteiger charge is 2.18. The average molecular weight is 368 g/mol. The fourth-order valence-corrected chi connectivity index (χ4v) is 3.12. The zero-order valence-electron chi connectivity index (χ0n) is 15.0. The van der Waals surface area contributed by atoms with Crippen molar-refractivity contribution in [3.8, 4) is 0 Å². The predicted octanol–water partition coefficient (Wildman–Crippen LogP) is 4.17. The van der Waals surface area contributed by atoms with Gasteiger partial charge in [0.1, 0.15) is 0 Å². The molecule has 0 atom stereocenters. The first-order valence-electron chi connectivity index (χ1n) is 8.65. The van der Waals surface area contributed by atoms with Gasteiger partial charge in [-0.05, 0) is 43.5 Å². The second kappa shape index (κ2) is 8.19. The molecule has 134 valence electrons. The number of carbonyl (C=O) groups excluding carboxylic acids is 1. The highest BCUT2D eigenvalue weighted by Crippen LogP contribution is 2.15. The summed E-state index contributed by atoms with van der Waals surface area (Å²) in [5.41, 5.74) is 4.60. The van der Waals surface area contributed by atoms with Crippen LogP contribution >= 0.6 is 11.6 Å². The van der Waals surface area contributed by atoms with Crippen molar-refractivity contribution >= 4 is 17.5 Å². The molecule has 26 heavy (non-hydrogen) atoms. The molecule has 0 saturated heterocycles. The van der Waals surface area contributed by atoms with Gasteiger partial charge in [-0.25, -0.2) is 0 Å². The molecule has 2 aromatic carbocycles. The van der Waals surface area contributed by atoms with Gasteiger partial charge in [0.15, 0.2) is 0 Å². The van der Waals surface area contributed by atoms with Crippen molar-refractivity contribution < 1.29 is 4.79 Å². The van der Waals surface area contributed by atoms with Gasteiger partial charge in [-0.3, -0.25) is 9.48 Å². The zero-order chi connectivity index (χ0) is 18.5. The lowest BCUT2D eigenvalue weighted by molar-refractivity contribution is 0.0953. The van der Waals surface area contributed by atoms with Crippen molar-refractivity contribution in [3.63, 3.8) is 0 Å². The summed E-state index contributed by atoms with van der Waals surface area (Å²) in [6.07, 6.45) is 0.763. The van der Waals surface area contributed by atoms with Gasteiger partial charge in [0.2, 0.25) is 0 Å². The number of aryl methyl sites for hydroxylation is 1. The lowest BCUT2D eigenvalue weighted by Crippen LogP contribution is -2.26. The summed E-state index contributed by atoms with van der Waals surface area (Å²) in [7, 11) is 0. The Bertz CT molecular complexity index is 886. The number of rotatable bonds is 6. The largest absolute Gasteiger partial charge is 0.352 e. The maximum Gasteiger partial charge on any atom is 0.255 e. The van der Waals surface area contributed by atoms with Crippen molar-refractivity contribution in [2.45, 2.75) is 26.8 Å². The van der Waals surface area contributed by atoms with Crippen LogP contribution in [-0.2, 0) is 13.0 Å². The van der Waals surface area contributed by atoms with Crippen LogP contribution in [-0.4, -0.2) is 22.2 Å². The van der Waals surface area contributed by atoms with Gasteiger partial charge >= 0.3 is 0 Å². The fourth-order valence-electron chi connectivity index (χ4n) is 3.00. The highest BCUT2D eigenvalue weighted by molar-refractivity contribution is 6.30. The van der Waals surface area contributed by atoms with E-state index in [1.165, 1.54) is 0 Å². The Balaban J connectivity index is 1.64. The summed E-state index contributed by atoms with van der Waals surface area (Å²) in [6, 6.07) is 17.8. The van der Waals surface area contributed by atoms with Gasteiger partial charge in [-0.15, -0.1) is 0 Å². The second-order valence-electron chi connectivity index (χ2n) is 6.32. The topological polar surface area (TPSA) is 46.9 Å². The van der Waals surface area contributed by atoms with Crippen LogP contribution in [0.2, 0.25) is 5.02 Å². The van der Waals surface area contributed by atoms with E-state index in [0.29, 0.717) is 18.7 Å². The molecule has 3 aromatic rings. The van der Waals surface area contributed by atoms with Crippen LogP contribution in [0.4, 0.5) is 0 Å². The van der Waals surface area contributed by atoms with Crippen LogP contribution in [0.15, 0.2) is 54.6 Å². The number of carbonyl (C=O) groups is 1. The number of nitrogens with zero attached hydrogens (tertiary/aromatic N) is 2. The Labute approximate surface area is 158 Å². The Morgan fingerprint density at radius 1 is 1.04 bits per heavy atom. The average Bonchev–Trinajstić information content (AvgIpc) is 2.91. The van der Waals surface area contributed by atoms with E-state index in [0.717, 1.165) is 34.0 Å². The minimum atomic E-state index is -0.0757. The summed E-state index contributed by atoms with van der Waals surface area (Å²) in [5, 5.41) is 8.26. The van der Waals surface area contributed by atoms with Crippen molar-refractivity contribution in [1.29, 1.82) is 0 Å². The number of nitrogens with one attached hydrogen (secondary N) is 1. The molecule has 0 unspecified atom stereocenters. The van der Waals surface area contributed by atoms with Gasteiger partial charge in [0, 0.05) is 17.3 Å². The number of hydrogen-bond donors (Lipinski definition) is 1. The monoisotopic (exact) mass is 367 g/mol. The molecule has 0 fully saturated rings. The number of aromatic nitrogens is 2. The number of amides is 1. The summed E-state index contributed by atoms with van der Waals surface area (Å²) < 4.78 is 1.89. The lowest BCUT2D eigenvalue weighted by Gasteiger charge is -2.07. The number of halogens is 1. The van der Waals surface area contributed by atoms with Crippen molar-refractivity contribution in [2.75, 3.05) is 6.54 Å². The summed E-state index contributed by atoms with van der Waals surface area (Å²) in [4.78, 5) is 12.6. The van der Waals surface area contributed by atoms with E-state index in [-0.39, 0.29) is 5.91 Å². The fraction of sp³-hybridized carbons (Fsp3) is 0.238. The Morgan fingerprint density at radius 2 is 1.73 bits per heavy atom. The van der Waals surface area contributed by atoms with Gasteiger partial charge in [0.05, 0.1) is 17.8 Å². The van der Waals surface area contributed by atoms with Crippen LogP contribution in [0.25, 0.3) is 0 Å². The maximum absolute atomic E-state index is 12.6. The molecule has 0 aliphatic heterocycles. The molecule has 1 amide bonds. The van der Waals surface area contributed by atoms with E-state index < -0.39 is 0 Å². The number of benzene rings is 2. The molecule has 5 heteroatoms. The lowest BCUT2D eigenvalue weighted by atomic mass is 10.1. The van der Waals surface area contributed by atoms with E-state index in [4.69, 9.17) is 11.6 Å². The minimum Gasteiger partial charge on any atom is -0.352 e. The van der Waals surface area contributed by atoms with Crippen molar-refractivity contribution in [3.05, 3.63) is 87.7 Å². The molecular weight excluding hydrogens is 346 g/mol. The smallest absolute Gasteiger partial charge is 0.255 e. The molecule has 4 nitrogen and oxygen atoms in total. The van der Waals surface area contributed by atoms with Gasteiger partial charge in [0.25, 0.3) is 5.91 Å². The molecule has 0 radical (unpaired) electrons. The Morgan fingerprint density at radius 3 is 2.42 bits per heavy atom. The molecular formula is C21H22ClN3O. The highest BCUT2D eigenvalue weighted by atomic mass is 35.5. The van der Waals surface area contributed by atoms with Gasteiger partial charge < -0.3 is 5.32 Å². The first-order chi connectivity index (χ1) is 12.5. The van der Waals surface area contributed by atoms with Crippen LogP contribution in [0.1, 0.15) is 32.9 Å². The summed E-state index contributed by atoms with van der Waals surface area (Å²) >= 11 is 5.89. The minimum absolute atomic E-state index is 0.0757. The zero-order valence-corrected chi connectivity index (χ0v) is 15.8. The predicted molar refractivity (Wildman–Crippen MR) is 105 cm³/mol. The standard InChI is InChI=1S/C21H22ClN3O/c1-15-20(16(2)25(24-15)14-18-6-4-3-5-7-18)21(26)23-13-12-17-8-10-19(22)11-9-17/h3-11H,12-14H2,1-2H3,(H,23,26). The van der Waals surface area contributed by atoms with Crippen LogP contribution in [0, 0.1) is 13.8 Å². The first kappa shape index (κ1) is 18.2. The van der Waals surface area contributed by atoms with E-state index in [1.807, 2.05) is 61.0 Å². The molecule has 0 aliphatic carbocycles. The van der Waals surface area contributed by atoms with Crippen LogP contribution in [0.3, 0.4) is 0 Å². The molecule has 0 saturated carbocycles. The SMILES string of the molecule is Cc1nn(Cc2ccccc2)c(C)c1C(=O)NCCc1ccc(Cl)cc1. The van der Waals surface area contributed by atoms with E-state index in [1.54, 1.807) is 0 Å².